The Balaban J connectivity index is 1.65. The van der Waals surface area contributed by atoms with Crippen molar-refractivity contribution in [3.8, 4) is 0 Å². The van der Waals surface area contributed by atoms with Crippen LogP contribution in [0.15, 0.2) is 30.3 Å². The predicted molar refractivity (Wildman–Crippen MR) is 98.3 cm³/mol. The second-order valence-corrected chi connectivity index (χ2v) is 7.78. The molecule has 2 aliphatic rings. The summed E-state index contributed by atoms with van der Waals surface area (Å²) < 4.78 is 0. The smallest absolute Gasteiger partial charge is 0.0476 e. The first-order valence-electron chi connectivity index (χ1n) is 9.88. The SMILES string of the molecule is NC(C1CCCCC1)C(NCC1CCCCC1)c1ccccc1. The Kier molecular flexibility index (Phi) is 6.53. The maximum absolute atomic E-state index is 6.78. The molecule has 0 bridgehead atoms. The third-order valence-electron chi connectivity index (χ3n) is 6.09. The van der Waals surface area contributed by atoms with Crippen LogP contribution < -0.4 is 11.1 Å². The Labute approximate surface area is 142 Å². The largest absolute Gasteiger partial charge is 0.326 e. The molecule has 0 saturated heterocycles. The lowest BCUT2D eigenvalue weighted by molar-refractivity contribution is 0.244. The van der Waals surface area contributed by atoms with E-state index in [9.17, 15) is 0 Å². The van der Waals surface area contributed by atoms with Gasteiger partial charge in [0.25, 0.3) is 0 Å². The van der Waals surface area contributed by atoms with Crippen LogP contribution in [-0.2, 0) is 0 Å². The van der Waals surface area contributed by atoms with Gasteiger partial charge < -0.3 is 11.1 Å². The summed E-state index contributed by atoms with van der Waals surface area (Å²) in [7, 11) is 0. The lowest BCUT2D eigenvalue weighted by atomic mass is 9.79. The molecule has 0 radical (unpaired) electrons. The molecule has 2 atom stereocenters. The summed E-state index contributed by atoms with van der Waals surface area (Å²) in [4.78, 5) is 0. The van der Waals surface area contributed by atoms with Gasteiger partial charge in [-0.25, -0.2) is 0 Å². The molecule has 3 N–H and O–H groups in total. The second-order valence-electron chi connectivity index (χ2n) is 7.78. The number of nitrogens with two attached hydrogens (primary N) is 1. The van der Waals surface area contributed by atoms with Crippen molar-refractivity contribution in [2.45, 2.75) is 76.3 Å². The third kappa shape index (κ3) is 4.81. The van der Waals surface area contributed by atoms with Gasteiger partial charge >= 0.3 is 0 Å². The van der Waals surface area contributed by atoms with Crippen LogP contribution in [0.1, 0.15) is 75.8 Å². The van der Waals surface area contributed by atoms with E-state index < -0.39 is 0 Å². The standard InChI is InChI=1S/C21H34N2/c22-20(18-12-6-2-7-13-18)21(19-14-8-3-9-15-19)23-16-17-10-4-1-5-11-17/h3,8-9,14-15,17-18,20-21,23H,1-2,4-7,10-13,16,22H2. The zero-order chi connectivity index (χ0) is 15.9. The van der Waals surface area contributed by atoms with Gasteiger partial charge in [0.1, 0.15) is 0 Å². The molecule has 0 heterocycles. The lowest BCUT2D eigenvalue weighted by Gasteiger charge is -2.35. The molecule has 0 aromatic heterocycles. The average Bonchev–Trinajstić information content (AvgIpc) is 2.64. The molecule has 1 aromatic carbocycles. The van der Waals surface area contributed by atoms with Gasteiger partial charge in [0.2, 0.25) is 0 Å². The number of rotatable bonds is 6. The molecule has 2 fully saturated rings. The highest BCUT2D eigenvalue weighted by Gasteiger charge is 2.29. The molecular weight excluding hydrogens is 280 g/mol. The molecule has 23 heavy (non-hydrogen) atoms. The van der Waals surface area contributed by atoms with Crippen LogP contribution in [0.5, 0.6) is 0 Å². The number of benzene rings is 1. The van der Waals surface area contributed by atoms with Gasteiger partial charge in [-0.1, -0.05) is 68.9 Å². The van der Waals surface area contributed by atoms with E-state index in [1.165, 1.54) is 69.8 Å². The van der Waals surface area contributed by atoms with E-state index in [1.54, 1.807) is 0 Å². The highest BCUT2D eigenvalue weighted by Crippen LogP contribution is 2.32. The van der Waals surface area contributed by atoms with Gasteiger partial charge in [0.05, 0.1) is 0 Å². The highest BCUT2D eigenvalue weighted by molar-refractivity contribution is 5.21. The van der Waals surface area contributed by atoms with Crippen LogP contribution in [0.3, 0.4) is 0 Å². The topological polar surface area (TPSA) is 38.0 Å². The molecule has 0 amide bonds. The molecule has 3 rings (SSSR count). The lowest BCUT2D eigenvalue weighted by Crippen LogP contribution is -2.45. The van der Waals surface area contributed by atoms with Gasteiger partial charge in [0.15, 0.2) is 0 Å². The first-order valence-corrected chi connectivity index (χ1v) is 9.88. The summed E-state index contributed by atoms with van der Waals surface area (Å²) in [6.45, 7) is 1.14. The fraction of sp³-hybridized carbons (Fsp3) is 0.714. The van der Waals surface area contributed by atoms with Crippen LogP contribution in [0, 0.1) is 11.8 Å². The Morgan fingerprint density at radius 1 is 0.870 bits per heavy atom. The van der Waals surface area contributed by atoms with Crippen LogP contribution in [0.4, 0.5) is 0 Å². The van der Waals surface area contributed by atoms with Crippen molar-refractivity contribution < 1.29 is 0 Å². The fourth-order valence-electron chi connectivity index (χ4n) is 4.61. The van der Waals surface area contributed by atoms with Crippen LogP contribution in [0.25, 0.3) is 0 Å². The molecular formula is C21H34N2. The van der Waals surface area contributed by atoms with E-state index in [4.69, 9.17) is 5.73 Å². The monoisotopic (exact) mass is 314 g/mol. The summed E-state index contributed by atoms with van der Waals surface area (Å²) >= 11 is 0. The number of nitrogens with one attached hydrogen (secondary N) is 1. The Morgan fingerprint density at radius 3 is 2.13 bits per heavy atom. The molecule has 2 aliphatic carbocycles. The Hall–Kier alpha value is -0.860. The van der Waals surface area contributed by atoms with E-state index in [1.807, 2.05) is 0 Å². The zero-order valence-electron chi connectivity index (χ0n) is 14.6. The molecule has 0 aliphatic heterocycles. The van der Waals surface area contributed by atoms with E-state index in [-0.39, 0.29) is 6.04 Å². The summed E-state index contributed by atoms with van der Waals surface area (Å²) in [6.07, 6.45) is 13.8. The van der Waals surface area contributed by atoms with Crippen molar-refractivity contribution in [1.29, 1.82) is 0 Å². The van der Waals surface area contributed by atoms with Gasteiger partial charge in [-0.05, 0) is 49.6 Å². The molecule has 2 saturated carbocycles. The minimum Gasteiger partial charge on any atom is -0.326 e. The maximum Gasteiger partial charge on any atom is 0.0476 e. The van der Waals surface area contributed by atoms with Crippen molar-refractivity contribution in [3.63, 3.8) is 0 Å². The van der Waals surface area contributed by atoms with Crippen molar-refractivity contribution in [2.75, 3.05) is 6.54 Å². The van der Waals surface area contributed by atoms with Crippen molar-refractivity contribution in [2.24, 2.45) is 17.6 Å². The predicted octanol–water partition coefficient (Wildman–Crippen LogP) is 4.81. The Bertz CT molecular complexity index is 432. The van der Waals surface area contributed by atoms with Gasteiger partial charge in [0, 0.05) is 12.1 Å². The number of hydrogen-bond acceptors (Lipinski definition) is 2. The first-order chi connectivity index (χ1) is 11.3. The third-order valence-corrected chi connectivity index (χ3v) is 6.09. The Morgan fingerprint density at radius 2 is 1.48 bits per heavy atom. The van der Waals surface area contributed by atoms with Gasteiger partial charge in [-0.2, -0.15) is 0 Å². The number of hydrogen-bond donors (Lipinski definition) is 2. The van der Waals surface area contributed by atoms with Gasteiger partial charge in [-0.3, -0.25) is 0 Å². The van der Waals surface area contributed by atoms with Crippen LogP contribution in [0.2, 0.25) is 0 Å². The molecule has 0 spiro atoms. The molecule has 128 valence electrons. The van der Waals surface area contributed by atoms with E-state index in [0.717, 1.165) is 12.5 Å². The highest BCUT2D eigenvalue weighted by atomic mass is 15.0. The van der Waals surface area contributed by atoms with Crippen molar-refractivity contribution in [3.05, 3.63) is 35.9 Å². The summed E-state index contributed by atoms with van der Waals surface area (Å²) in [5.74, 6) is 1.54. The first kappa shape index (κ1) is 17.0. The van der Waals surface area contributed by atoms with E-state index in [2.05, 4.69) is 35.6 Å². The van der Waals surface area contributed by atoms with Gasteiger partial charge in [-0.15, -0.1) is 0 Å². The van der Waals surface area contributed by atoms with E-state index >= 15 is 0 Å². The maximum atomic E-state index is 6.78. The molecule has 2 heteroatoms. The van der Waals surface area contributed by atoms with Crippen molar-refractivity contribution in [1.82, 2.24) is 5.32 Å². The summed E-state index contributed by atoms with van der Waals surface area (Å²) in [5, 5.41) is 3.88. The fourth-order valence-corrected chi connectivity index (χ4v) is 4.61. The van der Waals surface area contributed by atoms with Crippen LogP contribution in [-0.4, -0.2) is 12.6 Å². The molecule has 2 unspecified atom stereocenters. The summed E-state index contributed by atoms with van der Waals surface area (Å²) in [6, 6.07) is 11.5. The average molecular weight is 315 g/mol. The minimum absolute atomic E-state index is 0.251. The van der Waals surface area contributed by atoms with Crippen LogP contribution >= 0.6 is 0 Å². The van der Waals surface area contributed by atoms with Crippen molar-refractivity contribution >= 4 is 0 Å². The normalized spacial score (nSPS) is 23.5. The molecule has 1 aromatic rings. The quantitative estimate of drug-likeness (QED) is 0.791. The minimum atomic E-state index is 0.251. The summed E-state index contributed by atoms with van der Waals surface area (Å²) in [5.41, 5.74) is 8.15. The zero-order valence-corrected chi connectivity index (χ0v) is 14.6. The molecule has 2 nitrogen and oxygen atoms in total. The second kappa shape index (κ2) is 8.84. The van der Waals surface area contributed by atoms with E-state index in [0.29, 0.717) is 12.0 Å².